The van der Waals surface area contributed by atoms with Gasteiger partial charge in [0.25, 0.3) is 11.8 Å². The number of amides is 2. The number of carbonyl (C=O) groups excluding carboxylic acids is 4. The van der Waals surface area contributed by atoms with Gasteiger partial charge < -0.3 is 19.3 Å². The first-order chi connectivity index (χ1) is 19.5. The summed E-state index contributed by atoms with van der Waals surface area (Å²) >= 11 is 0. The SMILES string of the molecule is O=C(OCc1ccccc1)[C@H]1CCCN1C(=O)c1cccc(C(=O)N2CCC[C@@H]2C(=O)OCc2ccccc2)n1. The Labute approximate surface area is 232 Å². The average molecular weight is 542 g/mol. The van der Waals surface area contributed by atoms with Crippen molar-refractivity contribution < 1.29 is 28.7 Å². The van der Waals surface area contributed by atoms with E-state index in [2.05, 4.69) is 4.98 Å². The highest BCUT2D eigenvalue weighted by atomic mass is 16.5. The van der Waals surface area contributed by atoms with E-state index in [9.17, 15) is 19.2 Å². The van der Waals surface area contributed by atoms with Crippen molar-refractivity contribution in [2.45, 2.75) is 51.0 Å². The van der Waals surface area contributed by atoms with E-state index in [0.29, 0.717) is 38.8 Å². The maximum absolute atomic E-state index is 13.4. The lowest BCUT2D eigenvalue weighted by molar-refractivity contribution is -0.150. The van der Waals surface area contributed by atoms with Crippen LogP contribution in [0.15, 0.2) is 78.9 Å². The molecule has 2 aliphatic rings. The van der Waals surface area contributed by atoms with Gasteiger partial charge in [-0.05, 0) is 48.9 Å². The molecule has 3 heterocycles. The number of likely N-dealkylation sites (tertiary alicyclic amines) is 2. The first-order valence-corrected chi connectivity index (χ1v) is 13.5. The van der Waals surface area contributed by atoms with E-state index in [1.807, 2.05) is 60.7 Å². The Morgan fingerprint density at radius 1 is 0.625 bits per heavy atom. The zero-order valence-electron chi connectivity index (χ0n) is 22.1. The predicted molar refractivity (Wildman–Crippen MR) is 145 cm³/mol. The molecule has 9 nitrogen and oxygen atoms in total. The fourth-order valence-corrected chi connectivity index (χ4v) is 5.13. The van der Waals surface area contributed by atoms with Crippen molar-refractivity contribution in [3.05, 3.63) is 101 Å². The Kier molecular flexibility index (Phi) is 8.49. The Morgan fingerprint density at radius 2 is 1.05 bits per heavy atom. The number of hydrogen-bond acceptors (Lipinski definition) is 7. The normalized spacial score (nSPS) is 18.4. The number of carbonyl (C=O) groups is 4. The molecule has 2 fully saturated rings. The van der Waals surface area contributed by atoms with E-state index in [-0.39, 0.29) is 24.6 Å². The average Bonchev–Trinajstić information content (AvgIpc) is 3.70. The summed E-state index contributed by atoms with van der Waals surface area (Å²) in [7, 11) is 0. The van der Waals surface area contributed by atoms with Gasteiger partial charge in [0, 0.05) is 13.1 Å². The summed E-state index contributed by atoms with van der Waals surface area (Å²) in [5, 5.41) is 0. The fraction of sp³-hybridized carbons (Fsp3) is 0.323. The number of hydrogen-bond donors (Lipinski definition) is 0. The fourth-order valence-electron chi connectivity index (χ4n) is 5.13. The Hall–Kier alpha value is -4.53. The molecule has 0 saturated carbocycles. The van der Waals surface area contributed by atoms with Gasteiger partial charge in [0.15, 0.2) is 0 Å². The number of rotatable bonds is 8. The number of esters is 2. The van der Waals surface area contributed by atoms with Gasteiger partial charge in [0.05, 0.1) is 0 Å². The molecular weight excluding hydrogens is 510 g/mol. The first-order valence-electron chi connectivity index (χ1n) is 13.5. The number of aromatic nitrogens is 1. The first kappa shape index (κ1) is 27.1. The zero-order chi connectivity index (χ0) is 27.9. The van der Waals surface area contributed by atoms with E-state index in [4.69, 9.17) is 9.47 Å². The summed E-state index contributed by atoms with van der Waals surface area (Å²) in [6, 6.07) is 21.9. The van der Waals surface area contributed by atoms with E-state index in [0.717, 1.165) is 11.1 Å². The second-order valence-electron chi connectivity index (χ2n) is 9.91. The molecular formula is C31H31N3O6. The molecule has 0 bridgehead atoms. The van der Waals surface area contributed by atoms with Gasteiger partial charge in [-0.1, -0.05) is 66.7 Å². The zero-order valence-corrected chi connectivity index (χ0v) is 22.1. The molecule has 2 saturated heterocycles. The molecule has 0 aliphatic carbocycles. The molecule has 3 aromatic rings. The van der Waals surface area contributed by atoms with Crippen LogP contribution in [0.3, 0.4) is 0 Å². The van der Waals surface area contributed by atoms with Gasteiger partial charge in [-0.25, -0.2) is 14.6 Å². The van der Waals surface area contributed by atoms with Crippen LogP contribution in [0, 0.1) is 0 Å². The van der Waals surface area contributed by atoms with Crippen LogP contribution in [0.5, 0.6) is 0 Å². The van der Waals surface area contributed by atoms with Crippen LogP contribution in [0.2, 0.25) is 0 Å². The summed E-state index contributed by atoms with van der Waals surface area (Å²) in [4.78, 5) is 59.7. The third-order valence-electron chi connectivity index (χ3n) is 7.21. The van der Waals surface area contributed by atoms with Crippen molar-refractivity contribution in [2.24, 2.45) is 0 Å². The van der Waals surface area contributed by atoms with Gasteiger partial charge in [-0.15, -0.1) is 0 Å². The van der Waals surface area contributed by atoms with Crippen LogP contribution in [-0.2, 0) is 32.3 Å². The maximum atomic E-state index is 13.4. The topological polar surface area (TPSA) is 106 Å². The number of ether oxygens (including phenoxy) is 2. The van der Waals surface area contributed by atoms with Crippen LogP contribution in [0.25, 0.3) is 0 Å². The highest BCUT2D eigenvalue weighted by Crippen LogP contribution is 2.24. The van der Waals surface area contributed by atoms with Crippen LogP contribution < -0.4 is 0 Å². The molecule has 2 aromatic carbocycles. The molecule has 206 valence electrons. The predicted octanol–water partition coefficient (Wildman–Crippen LogP) is 3.78. The standard InChI is InChI=1S/C31H31N3O6/c35-28(33-18-8-16-26(33)30(37)39-20-22-10-3-1-4-11-22)24-14-7-15-25(32-24)29(36)34-19-9-17-27(34)31(38)40-21-23-12-5-2-6-13-23/h1-7,10-15,26-27H,8-9,16-21H2/t26-,27-/m1/s1. The van der Waals surface area contributed by atoms with Gasteiger partial charge in [0.2, 0.25) is 0 Å². The number of pyridine rings is 1. The highest BCUT2D eigenvalue weighted by molar-refractivity contribution is 5.99. The van der Waals surface area contributed by atoms with Crippen LogP contribution in [-0.4, -0.2) is 63.7 Å². The van der Waals surface area contributed by atoms with Gasteiger partial charge in [-0.2, -0.15) is 0 Å². The van der Waals surface area contributed by atoms with E-state index in [1.54, 1.807) is 6.07 Å². The van der Waals surface area contributed by atoms with Crippen molar-refractivity contribution in [3.63, 3.8) is 0 Å². The molecule has 0 unspecified atom stereocenters. The highest BCUT2D eigenvalue weighted by Gasteiger charge is 2.38. The lowest BCUT2D eigenvalue weighted by Crippen LogP contribution is -2.43. The summed E-state index contributed by atoms with van der Waals surface area (Å²) in [5.74, 6) is -1.80. The van der Waals surface area contributed by atoms with Crippen LogP contribution in [0.4, 0.5) is 0 Å². The second kappa shape index (κ2) is 12.5. The molecule has 2 aliphatic heterocycles. The van der Waals surface area contributed by atoms with Crippen LogP contribution >= 0.6 is 0 Å². The summed E-state index contributed by atoms with van der Waals surface area (Å²) < 4.78 is 11.0. The minimum absolute atomic E-state index is 0.0658. The second-order valence-corrected chi connectivity index (χ2v) is 9.91. The molecule has 2 atom stereocenters. The van der Waals surface area contributed by atoms with E-state index < -0.39 is 35.8 Å². The largest absolute Gasteiger partial charge is 0.459 e. The third-order valence-corrected chi connectivity index (χ3v) is 7.21. The van der Waals surface area contributed by atoms with Gasteiger partial charge in [-0.3, -0.25) is 9.59 Å². The molecule has 40 heavy (non-hydrogen) atoms. The Balaban J connectivity index is 1.23. The molecule has 0 N–H and O–H groups in total. The molecule has 1 aromatic heterocycles. The van der Waals surface area contributed by atoms with Crippen molar-refractivity contribution in [2.75, 3.05) is 13.1 Å². The Bertz CT molecular complexity index is 1260. The number of benzene rings is 2. The molecule has 2 amide bonds. The summed E-state index contributed by atoms with van der Waals surface area (Å²) in [5.41, 5.74) is 1.86. The maximum Gasteiger partial charge on any atom is 0.329 e. The van der Waals surface area contributed by atoms with Gasteiger partial charge >= 0.3 is 11.9 Å². The van der Waals surface area contributed by atoms with Crippen molar-refractivity contribution >= 4 is 23.8 Å². The van der Waals surface area contributed by atoms with E-state index >= 15 is 0 Å². The lowest BCUT2D eigenvalue weighted by atomic mass is 10.2. The Morgan fingerprint density at radius 3 is 1.48 bits per heavy atom. The number of nitrogens with zero attached hydrogens (tertiary/aromatic N) is 3. The molecule has 5 rings (SSSR count). The van der Waals surface area contributed by atoms with Crippen molar-refractivity contribution in [3.8, 4) is 0 Å². The summed E-state index contributed by atoms with van der Waals surface area (Å²) in [6.45, 7) is 1.05. The quantitative estimate of drug-likeness (QED) is 0.400. The van der Waals surface area contributed by atoms with Crippen molar-refractivity contribution in [1.82, 2.24) is 14.8 Å². The molecule has 0 spiro atoms. The monoisotopic (exact) mass is 541 g/mol. The summed E-state index contributed by atoms with van der Waals surface area (Å²) in [6.07, 6.45) is 2.32. The smallest absolute Gasteiger partial charge is 0.329 e. The minimum atomic E-state index is -0.709. The van der Waals surface area contributed by atoms with Gasteiger partial charge in [0.1, 0.15) is 36.7 Å². The third kappa shape index (κ3) is 6.20. The molecule has 9 heteroatoms. The van der Waals surface area contributed by atoms with Crippen LogP contribution in [0.1, 0.15) is 57.8 Å². The lowest BCUT2D eigenvalue weighted by Gasteiger charge is -2.24. The van der Waals surface area contributed by atoms with E-state index in [1.165, 1.54) is 21.9 Å². The van der Waals surface area contributed by atoms with Crippen molar-refractivity contribution in [1.29, 1.82) is 0 Å². The minimum Gasteiger partial charge on any atom is -0.459 e. The molecule has 0 radical (unpaired) electrons.